The summed E-state index contributed by atoms with van der Waals surface area (Å²) in [5, 5.41) is 1.03. The lowest BCUT2D eigenvalue weighted by Gasteiger charge is -1.93. The molecule has 2 nitrogen and oxygen atoms in total. The predicted molar refractivity (Wildman–Crippen MR) is 46.1 cm³/mol. The second-order valence-electron chi connectivity index (χ2n) is 2.16. The Morgan fingerprint density at radius 2 is 2.27 bits per heavy atom. The van der Waals surface area contributed by atoms with Crippen molar-refractivity contribution < 1.29 is 0 Å². The van der Waals surface area contributed by atoms with Crippen molar-refractivity contribution in [3.8, 4) is 0 Å². The number of nitrogens with zero attached hydrogens (tertiary/aromatic N) is 2. The first-order valence-electron chi connectivity index (χ1n) is 3.13. The standard InChI is InChI=1S/C8H4BrN2/c9-7-3-6-4-10-2-1-8(6)11-5-7/h1,3-5H. The van der Waals surface area contributed by atoms with Gasteiger partial charge in [-0.05, 0) is 28.1 Å². The smallest absolute Gasteiger partial charge is 0.0908 e. The molecule has 3 heteroatoms. The van der Waals surface area contributed by atoms with E-state index in [0.29, 0.717) is 0 Å². The molecule has 0 atom stereocenters. The second-order valence-corrected chi connectivity index (χ2v) is 3.08. The maximum absolute atomic E-state index is 4.16. The van der Waals surface area contributed by atoms with E-state index in [-0.39, 0.29) is 0 Å². The van der Waals surface area contributed by atoms with Crippen LogP contribution in [0.4, 0.5) is 0 Å². The number of aromatic nitrogens is 2. The Bertz CT molecular complexity index is 387. The fraction of sp³-hybridized carbons (Fsp3) is 0. The van der Waals surface area contributed by atoms with Gasteiger partial charge in [-0.2, -0.15) is 0 Å². The first kappa shape index (κ1) is 6.73. The van der Waals surface area contributed by atoms with E-state index in [1.165, 1.54) is 0 Å². The Morgan fingerprint density at radius 3 is 3.18 bits per heavy atom. The normalized spacial score (nSPS) is 10.3. The molecule has 0 saturated heterocycles. The molecule has 0 spiro atoms. The van der Waals surface area contributed by atoms with Gasteiger partial charge in [0, 0.05) is 22.3 Å². The third-order valence-corrected chi connectivity index (χ3v) is 1.83. The van der Waals surface area contributed by atoms with Crippen molar-refractivity contribution in [2.75, 3.05) is 0 Å². The Morgan fingerprint density at radius 1 is 1.36 bits per heavy atom. The monoisotopic (exact) mass is 207 g/mol. The molecule has 2 heterocycles. The lowest BCUT2D eigenvalue weighted by Crippen LogP contribution is -1.79. The highest BCUT2D eigenvalue weighted by atomic mass is 79.9. The van der Waals surface area contributed by atoms with Crippen molar-refractivity contribution in [1.82, 2.24) is 9.97 Å². The number of fused-ring (bicyclic) bond motifs is 1. The first-order valence-corrected chi connectivity index (χ1v) is 3.93. The minimum Gasteiger partial charge on any atom is -0.255 e. The maximum atomic E-state index is 4.16. The highest BCUT2D eigenvalue weighted by Gasteiger charge is 1.93. The van der Waals surface area contributed by atoms with Gasteiger partial charge in [0.25, 0.3) is 0 Å². The van der Waals surface area contributed by atoms with Crippen molar-refractivity contribution in [3.63, 3.8) is 0 Å². The van der Waals surface area contributed by atoms with Crippen LogP contribution in [0.15, 0.2) is 29.0 Å². The Hall–Kier alpha value is -0.960. The summed E-state index contributed by atoms with van der Waals surface area (Å²) < 4.78 is 0.970. The SMILES string of the molecule is Brc1cnc2c[c]ncc2c1. The van der Waals surface area contributed by atoms with Crippen LogP contribution >= 0.6 is 15.9 Å². The van der Waals surface area contributed by atoms with E-state index < -0.39 is 0 Å². The predicted octanol–water partition coefficient (Wildman–Crippen LogP) is 2.19. The maximum Gasteiger partial charge on any atom is 0.0908 e. The summed E-state index contributed by atoms with van der Waals surface area (Å²) in [7, 11) is 0. The molecule has 2 rings (SSSR count). The Labute approximate surface area is 72.4 Å². The fourth-order valence-electron chi connectivity index (χ4n) is 0.895. The molecule has 0 unspecified atom stereocenters. The Balaban J connectivity index is 2.83. The molecular weight excluding hydrogens is 204 g/mol. The average Bonchev–Trinajstić information content (AvgIpc) is 2.04. The van der Waals surface area contributed by atoms with E-state index in [1.807, 2.05) is 6.07 Å². The number of halogens is 1. The summed E-state index contributed by atoms with van der Waals surface area (Å²) in [6.07, 6.45) is 6.23. The van der Waals surface area contributed by atoms with Crippen LogP contribution in [0.3, 0.4) is 0 Å². The highest BCUT2D eigenvalue weighted by molar-refractivity contribution is 9.10. The van der Waals surface area contributed by atoms with Gasteiger partial charge in [0.1, 0.15) is 0 Å². The third kappa shape index (κ3) is 1.24. The molecule has 2 aromatic heterocycles. The molecule has 0 aliphatic heterocycles. The number of rotatable bonds is 0. The van der Waals surface area contributed by atoms with Gasteiger partial charge in [-0.3, -0.25) is 9.97 Å². The van der Waals surface area contributed by atoms with E-state index in [1.54, 1.807) is 18.5 Å². The Kier molecular flexibility index (Phi) is 1.58. The summed E-state index contributed by atoms with van der Waals surface area (Å²) in [5.74, 6) is 0. The number of pyridine rings is 2. The summed E-state index contributed by atoms with van der Waals surface area (Å²) in [6, 6.07) is 3.74. The van der Waals surface area contributed by atoms with E-state index in [9.17, 15) is 0 Å². The van der Waals surface area contributed by atoms with Gasteiger partial charge in [-0.25, -0.2) is 0 Å². The van der Waals surface area contributed by atoms with Crippen molar-refractivity contribution in [3.05, 3.63) is 35.2 Å². The van der Waals surface area contributed by atoms with Gasteiger partial charge < -0.3 is 0 Å². The highest BCUT2D eigenvalue weighted by Crippen LogP contribution is 2.14. The van der Waals surface area contributed by atoms with Crippen molar-refractivity contribution in [1.29, 1.82) is 0 Å². The molecule has 0 aromatic carbocycles. The summed E-state index contributed by atoms with van der Waals surface area (Å²) in [4.78, 5) is 8.03. The molecule has 1 radical (unpaired) electrons. The number of hydrogen-bond donors (Lipinski definition) is 0. The molecule has 0 amide bonds. The van der Waals surface area contributed by atoms with Gasteiger partial charge in [-0.1, -0.05) is 0 Å². The topological polar surface area (TPSA) is 25.8 Å². The van der Waals surface area contributed by atoms with Crippen LogP contribution in [-0.2, 0) is 0 Å². The molecule has 2 aromatic rings. The third-order valence-electron chi connectivity index (χ3n) is 1.40. The lowest BCUT2D eigenvalue weighted by atomic mass is 10.3. The molecule has 0 bridgehead atoms. The fourth-order valence-corrected chi connectivity index (χ4v) is 1.24. The molecule has 11 heavy (non-hydrogen) atoms. The zero-order chi connectivity index (χ0) is 7.68. The number of hydrogen-bond acceptors (Lipinski definition) is 2. The molecule has 53 valence electrons. The first-order chi connectivity index (χ1) is 5.36. The summed E-state index contributed by atoms with van der Waals surface area (Å²) >= 11 is 3.33. The van der Waals surface area contributed by atoms with Gasteiger partial charge in [0.05, 0.1) is 11.7 Å². The van der Waals surface area contributed by atoms with Crippen LogP contribution in [0, 0.1) is 6.20 Å². The summed E-state index contributed by atoms with van der Waals surface area (Å²) in [5.41, 5.74) is 0.920. The van der Waals surface area contributed by atoms with Gasteiger partial charge in [0.2, 0.25) is 0 Å². The van der Waals surface area contributed by atoms with E-state index in [2.05, 4.69) is 32.1 Å². The molecule has 0 aliphatic carbocycles. The van der Waals surface area contributed by atoms with Crippen LogP contribution in [0.25, 0.3) is 10.9 Å². The van der Waals surface area contributed by atoms with E-state index in [4.69, 9.17) is 0 Å². The molecule has 0 aliphatic rings. The molecule has 0 saturated carbocycles. The zero-order valence-electron chi connectivity index (χ0n) is 5.58. The average molecular weight is 208 g/mol. The minimum absolute atomic E-state index is 0.920. The van der Waals surface area contributed by atoms with Crippen molar-refractivity contribution in [2.24, 2.45) is 0 Å². The molecular formula is C8H4BrN2. The quantitative estimate of drug-likeness (QED) is 0.663. The lowest BCUT2D eigenvalue weighted by molar-refractivity contribution is 1.30. The minimum atomic E-state index is 0.920. The molecule has 0 N–H and O–H groups in total. The summed E-state index contributed by atoms with van der Waals surface area (Å²) in [6.45, 7) is 0. The van der Waals surface area contributed by atoms with Crippen LogP contribution in [0.5, 0.6) is 0 Å². The van der Waals surface area contributed by atoms with E-state index in [0.717, 1.165) is 15.4 Å². The molecule has 0 fully saturated rings. The largest absolute Gasteiger partial charge is 0.255 e. The zero-order valence-corrected chi connectivity index (χ0v) is 7.17. The van der Waals surface area contributed by atoms with Gasteiger partial charge in [0.15, 0.2) is 0 Å². The van der Waals surface area contributed by atoms with Crippen LogP contribution < -0.4 is 0 Å². The van der Waals surface area contributed by atoms with Crippen molar-refractivity contribution in [2.45, 2.75) is 0 Å². The van der Waals surface area contributed by atoms with Crippen LogP contribution in [-0.4, -0.2) is 9.97 Å². The van der Waals surface area contributed by atoms with Crippen LogP contribution in [0.2, 0.25) is 0 Å². The van der Waals surface area contributed by atoms with E-state index >= 15 is 0 Å². The van der Waals surface area contributed by atoms with Gasteiger partial charge >= 0.3 is 0 Å². The van der Waals surface area contributed by atoms with Crippen LogP contribution in [0.1, 0.15) is 0 Å². The van der Waals surface area contributed by atoms with Gasteiger partial charge in [-0.15, -0.1) is 0 Å². The second kappa shape index (κ2) is 2.58. The van der Waals surface area contributed by atoms with Crippen molar-refractivity contribution >= 4 is 26.8 Å².